The number of benzene rings is 2. The van der Waals surface area contributed by atoms with Gasteiger partial charge in [-0.15, -0.1) is 0 Å². The van der Waals surface area contributed by atoms with Crippen molar-refractivity contribution in [2.24, 2.45) is 0 Å². The van der Waals surface area contributed by atoms with Crippen LogP contribution < -0.4 is 14.8 Å². The molecular formula is C21H25NO3. The number of ether oxygens (including phenoxy) is 2. The molecule has 3 rings (SSSR count). The molecule has 0 saturated carbocycles. The van der Waals surface area contributed by atoms with Crippen molar-refractivity contribution in [2.45, 2.75) is 38.6 Å². The van der Waals surface area contributed by atoms with Crippen LogP contribution in [0.5, 0.6) is 11.5 Å². The van der Waals surface area contributed by atoms with Crippen molar-refractivity contribution in [3.8, 4) is 11.5 Å². The Bertz CT molecular complexity index is 700. The van der Waals surface area contributed by atoms with Crippen LogP contribution in [0, 0.1) is 0 Å². The van der Waals surface area contributed by atoms with Crippen molar-refractivity contribution in [1.82, 2.24) is 5.32 Å². The second-order valence-electron chi connectivity index (χ2n) is 6.52. The van der Waals surface area contributed by atoms with E-state index in [1.807, 2.05) is 43.3 Å². The molecule has 4 nitrogen and oxygen atoms in total. The fourth-order valence-electron chi connectivity index (χ4n) is 3.04. The number of carbonyl (C=O) groups is 1. The number of amides is 1. The van der Waals surface area contributed by atoms with Gasteiger partial charge in [0.15, 0.2) is 6.61 Å². The molecule has 0 spiro atoms. The minimum Gasteiger partial charge on any atom is -0.491 e. The summed E-state index contributed by atoms with van der Waals surface area (Å²) in [6.45, 7) is 2.36. The van der Waals surface area contributed by atoms with Gasteiger partial charge in [-0.25, -0.2) is 0 Å². The quantitative estimate of drug-likeness (QED) is 0.839. The van der Waals surface area contributed by atoms with Crippen LogP contribution in [0.15, 0.2) is 48.5 Å². The third-order valence-corrected chi connectivity index (χ3v) is 4.34. The molecule has 0 aromatic heterocycles. The maximum atomic E-state index is 12.0. The first-order valence-electron chi connectivity index (χ1n) is 8.92. The number of rotatable bonds is 7. The Morgan fingerprint density at radius 2 is 1.76 bits per heavy atom. The van der Waals surface area contributed by atoms with Gasteiger partial charge >= 0.3 is 0 Å². The zero-order chi connectivity index (χ0) is 17.5. The summed E-state index contributed by atoms with van der Waals surface area (Å²) < 4.78 is 11.3. The van der Waals surface area contributed by atoms with E-state index in [-0.39, 0.29) is 18.6 Å². The summed E-state index contributed by atoms with van der Waals surface area (Å²) in [6.07, 6.45) is 4.75. The molecule has 0 fully saturated rings. The first kappa shape index (κ1) is 17.3. The average Bonchev–Trinajstić information content (AvgIpc) is 2.65. The highest BCUT2D eigenvalue weighted by Gasteiger charge is 2.12. The topological polar surface area (TPSA) is 47.6 Å². The third kappa shape index (κ3) is 5.24. The molecule has 1 N–H and O–H groups in total. The van der Waals surface area contributed by atoms with Crippen molar-refractivity contribution < 1.29 is 14.3 Å². The van der Waals surface area contributed by atoms with Crippen LogP contribution in [-0.2, 0) is 17.6 Å². The summed E-state index contributed by atoms with van der Waals surface area (Å²) in [5.41, 5.74) is 2.77. The lowest BCUT2D eigenvalue weighted by Crippen LogP contribution is -2.39. The number of carbonyl (C=O) groups excluding carboxylic acids is 1. The Morgan fingerprint density at radius 1 is 1.00 bits per heavy atom. The average molecular weight is 339 g/mol. The number of hydrogen-bond donors (Lipinski definition) is 1. The van der Waals surface area contributed by atoms with Gasteiger partial charge in [0.2, 0.25) is 0 Å². The van der Waals surface area contributed by atoms with Gasteiger partial charge in [-0.3, -0.25) is 4.79 Å². The van der Waals surface area contributed by atoms with Crippen LogP contribution in [0.25, 0.3) is 0 Å². The van der Waals surface area contributed by atoms with Crippen molar-refractivity contribution >= 4 is 5.91 Å². The SMILES string of the molecule is C[C@H](COc1ccccc1)NC(=O)COc1ccc2c(c1)CCCC2. The molecule has 0 unspecified atom stereocenters. The molecule has 0 heterocycles. The maximum Gasteiger partial charge on any atom is 0.258 e. The summed E-state index contributed by atoms with van der Waals surface area (Å²) in [4.78, 5) is 12.0. The number of para-hydroxylation sites is 1. The molecule has 1 amide bonds. The monoisotopic (exact) mass is 339 g/mol. The fraction of sp³-hybridized carbons (Fsp3) is 0.381. The molecule has 1 atom stereocenters. The molecule has 0 radical (unpaired) electrons. The second-order valence-corrected chi connectivity index (χ2v) is 6.52. The fourth-order valence-corrected chi connectivity index (χ4v) is 3.04. The molecular weight excluding hydrogens is 314 g/mol. The standard InChI is InChI=1S/C21H25NO3/c1-16(14-24-19-9-3-2-4-10-19)22-21(23)15-25-20-12-11-17-7-5-6-8-18(17)13-20/h2-4,9-13,16H,5-8,14-15H2,1H3,(H,22,23)/t16-/m1/s1. The molecule has 25 heavy (non-hydrogen) atoms. The Kier molecular flexibility index (Phi) is 5.94. The summed E-state index contributed by atoms with van der Waals surface area (Å²) in [6, 6.07) is 15.6. The van der Waals surface area contributed by atoms with Gasteiger partial charge in [-0.05, 0) is 68.0 Å². The van der Waals surface area contributed by atoms with E-state index in [0.29, 0.717) is 6.61 Å². The summed E-state index contributed by atoms with van der Waals surface area (Å²) in [5.74, 6) is 1.43. The lowest BCUT2D eigenvalue weighted by Gasteiger charge is -2.17. The molecule has 2 aromatic rings. The van der Waals surface area contributed by atoms with E-state index < -0.39 is 0 Å². The van der Waals surface area contributed by atoms with Gasteiger partial charge in [0.05, 0.1) is 6.04 Å². The first-order chi connectivity index (χ1) is 12.2. The number of hydrogen-bond acceptors (Lipinski definition) is 3. The number of aryl methyl sites for hydroxylation is 2. The first-order valence-corrected chi connectivity index (χ1v) is 8.92. The Morgan fingerprint density at radius 3 is 2.56 bits per heavy atom. The van der Waals surface area contributed by atoms with Gasteiger partial charge in [-0.2, -0.15) is 0 Å². The highest BCUT2D eigenvalue weighted by Crippen LogP contribution is 2.25. The normalized spacial score (nSPS) is 14.3. The molecule has 2 aromatic carbocycles. The summed E-state index contributed by atoms with van der Waals surface area (Å²) >= 11 is 0. The van der Waals surface area contributed by atoms with Crippen LogP contribution in [0.1, 0.15) is 30.9 Å². The molecule has 0 saturated heterocycles. The van der Waals surface area contributed by atoms with Gasteiger partial charge in [-0.1, -0.05) is 24.3 Å². The van der Waals surface area contributed by atoms with Crippen LogP contribution in [0.4, 0.5) is 0 Å². The van der Waals surface area contributed by atoms with Crippen molar-refractivity contribution in [1.29, 1.82) is 0 Å². The van der Waals surface area contributed by atoms with E-state index in [2.05, 4.69) is 17.4 Å². The third-order valence-electron chi connectivity index (χ3n) is 4.34. The van der Waals surface area contributed by atoms with E-state index in [9.17, 15) is 4.79 Å². The lowest BCUT2D eigenvalue weighted by molar-refractivity contribution is -0.123. The lowest BCUT2D eigenvalue weighted by atomic mass is 9.92. The zero-order valence-corrected chi connectivity index (χ0v) is 14.7. The molecule has 0 bridgehead atoms. The number of nitrogens with one attached hydrogen (secondary N) is 1. The predicted molar refractivity (Wildman–Crippen MR) is 98.1 cm³/mol. The zero-order valence-electron chi connectivity index (χ0n) is 14.7. The van der Waals surface area contributed by atoms with E-state index in [1.54, 1.807) is 0 Å². The summed E-state index contributed by atoms with van der Waals surface area (Å²) in [7, 11) is 0. The minimum absolute atomic E-state index is 0.0223. The van der Waals surface area contributed by atoms with Crippen LogP contribution >= 0.6 is 0 Å². The van der Waals surface area contributed by atoms with Crippen molar-refractivity contribution in [3.05, 3.63) is 59.7 Å². The maximum absolute atomic E-state index is 12.0. The van der Waals surface area contributed by atoms with Crippen LogP contribution in [-0.4, -0.2) is 25.2 Å². The van der Waals surface area contributed by atoms with E-state index in [1.165, 1.54) is 24.0 Å². The number of fused-ring (bicyclic) bond motifs is 1. The molecule has 4 heteroatoms. The van der Waals surface area contributed by atoms with Gasteiger partial charge < -0.3 is 14.8 Å². The Labute approximate surface area is 149 Å². The van der Waals surface area contributed by atoms with Crippen LogP contribution in [0.2, 0.25) is 0 Å². The Hall–Kier alpha value is -2.49. The van der Waals surface area contributed by atoms with Crippen molar-refractivity contribution in [2.75, 3.05) is 13.2 Å². The van der Waals surface area contributed by atoms with Crippen molar-refractivity contribution in [3.63, 3.8) is 0 Å². The second kappa shape index (κ2) is 8.56. The highest BCUT2D eigenvalue weighted by molar-refractivity contribution is 5.77. The van der Waals surface area contributed by atoms with E-state index in [4.69, 9.17) is 9.47 Å². The molecule has 132 valence electrons. The van der Waals surface area contributed by atoms with E-state index in [0.717, 1.165) is 24.3 Å². The van der Waals surface area contributed by atoms with Gasteiger partial charge in [0.25, 0.3) is 5.91 Å². The van der Waals surface area contributed by atoms with Gasteiger partial charge in [0.1, 0.15) is 18.1 Å². The van der Waals surface area contributed by atoms with Gasteiger partial charge in [0, 0.05) is 0 Å². The summed E-state index contributed by atoms with van der Waals surface area (Å²) in [5, 5.41) is 2.89. The molecule has 1 aliphatic carbocycles. The molecule has 0 aliphatic heterocycles. The van der Waals surface area contributed by atoms with E-state index >= 15 is 0 Å². The minimum atomic E-state index is -0.137. The molecule has 1 aliphatic rings. The smallest absolute Gasteiger partial charge is 0.258 e. The Balaban J connectivity index is 1.41. The largest absolute Gasteiger partial charge is 0.491 e. The van der Waals surface area contributed by atoms with Crippen LogP contribution in [0.3, 0.4) is 0 Å². The highest BCUT2D eigenvalue weighted by atomic mass is 16.5. The predicted octanol–water partition coefficient (Wildman–Crippen LogP) is 3.53.